The lowest BCUT2D eigenvalue weighted by atomic mass is 9.83. The van der Waals surface area contributed by atoms with Crippen LogP contribution in [0.3, 0.4) is 0 Å². The molecule has 2 N–H and O–H groups in total. The first-order valence-electron chi connectivity index (χ1n) is 5.87. The number of hydrogen-bond acceptors (Lipinski definition) is 2. The molecule has 6 heteroatoms. The molecule has 100 valence electrons. The average molecular weight is 252 g/mol. The van der Waals surface area contributed by atoms with E-state index in [1.807, 2.05) is 0 Å². The van der Waals surface area contributed by atoms with E-state index in [4.69, 9.17) is 5.73 Å². The van der Waals surface area contributed by atoms with E-state index in [1.165, 1.54) is 11.9 Å². The topological polar surface area (TPSA) is 46.3 Å². The summed E-state index contributed by atoms with van der Waals surface area (Å²) in [6, 6.07) is -0.136. The molecule has 2 atom stereocenters. The van der Waals surface area contributed by atoms with Crippen molar-refractivity contribution in [2.45, 2.75) is 44.3 Å². The third-order valence-electron chi connectivity index (χ3n) is 3.41. The summed E-state index contributed by atoms with van der Waals surface area (Å²) in [5.41, 5.74) is 5.60. The van der Waals surface area contributed by atoms with Crippen LogP contribution in [0.25, 0.3) is 0 Å². The van der Waals surface area contributed by atoms with Gasteiger partial charge in [0.2, 0.25) is 5.91 Å². The minimum absolute atomic E-state index is 0.130. The van der Waals surface area contributed by atoms with Crippen LogP contribution in [0.5, 0.6) is 0 Å². The number of rotatable bonds is 3. The van der Waals surface area contributed by atoms with Gasteiger partial charge < -0.3 is 10.6 Å². The Kier molecular flexibility index (Phi) is 4.80. The van der Waals surface area contributed by atoms with Crippen LogP contribution in [-0.4, -0.2) is 36.6 Å². The van der Waals surface area contributed by atoms with E-state index in [9.17, 15) is 18.0 Å². The first kappa shape index (κ1) is 14.3. The molecule has 1 fully saturated rings. The second-order valence-electron chi connectivity index (χ2n) is 4.64. The SMILES string of the molecule is CN(C(=O)CC(F)(F)F)C1CCCCC1CN. The molecule has 2 unspecified atom stereocenters. The molecule has 1 aliphatic carbocycles. The highest BCUT2D eigenvalue weighted by Crippen LogP contribution is 2.29. The van der Waals surface area contributed by atoms with Gasteiger partial charge in [0, 0.05) is 13.1 Å². The molecule has 1 saturated carbocycles. The predicted molar refractivity (Wildman–Crippen MR) is 58.2 cm³/mol. The van der Waals surface area contributed by atoms with Gasteiger partial charge in [-0.3, -0.25) is 4.79 Å². The second-order valence-corrected chi connectivity index (χ2v) is 4.64. The fourth-order valence-corrected chi connectivity index (χ4v) is 2.45. The van der Waals surface area contributed by atoms with Crippen LogP contribution in [-0.2, 0) is 4.79 Å². The summed E-state index contributed by atoms with van der Waals surface area (Å²) >= 11 is 0. The lowest BCUT2D eigenvalue weighted by molar-refractivity contribution is -0.163. The molecule has 0 aromatic heterocycles. The molecule has 0 saturated heterocycles. The van der Waals surface area contributed by atoms with E-state index in [0.717, 1.165) is 25.7 Å². The Bertz CT molecular complexity index is 268. The molecule has 1 rings (SSSR count). The fraction of sp³-hybridized carbons (Fsp3) is 0.909. The highest BCUT2D eigenvalue weighted by Gasteiger charge is 2.36. The van der Waals surface area contributed by atoms with Crippen LogP contribution >= 0.6 is 0 Å². The lowest BCUT2D eigenvalue weighted by Crippen LogP contribution is -2.46. The number of amides is 1. The van der Waals surface area contributed by atoms with Crippen molar-refractivity contribution in [3.05, 3.63) is 0 Å². The van der Waals surface area contributed by atoms with Gasteiger partial charge in [-0.15, -0.1) is 0 Å². The number of carbonyl (C=O) groups is 1. The quantitative estimate of drug-likeness (QED) is 0.834. The van der Waals surface area contributed by atoms with Crippen molar-refractivity contribution >= 4 is 5.91 Å². The Morgan fingerprint density at radius 3 is 2.47 bits per heavy atom. The van der Waals surface area contributed by atoms with Crippen molar-refractivity contribution in [3.63, 3.8) is 0 Å². The molecule has 17 heavy (non-hydrogen) atoms. The van der Waals surface area contributed by atoms with Crippen LogP contribution in [0.4, 0.5) is 13.2 Å². The summed E-state index contributed by atoms with van der Waals surface area (Å²) in [5.74, 6) is -0.728. The summed E-state index contributed by atoms with van der Waals surface area (Å²) in [7, 11) is 1.45. The highest BCUT2D eigenvalue weighted by molar-refractivity contribution is 5.76. The number of nitrogens with zero attached hydrogens (tertiary/aromatic N) is 1. The molecule has 0 spiro atoms. The first-order valence-corrected chi connectivity index (χ1v) is 5.87. The van der Waals surface area contributed by atoms with Gasteiger partial charge in [0.1, 0.15) is 6.42 Å². The van der Waals surface area contributed by atoms with Gasteiger partial charge in [-0.2, -0.15) is 13.2 Å². The van der Waals surface area contributed by atoms with Gasteiger partial charge in [-0.05, 0) is 25.3 Å². The normalized spacial score (nSPS) is 25.7. The summed E-state index contributed by atoms with van der Waals surface area (Å²) in [6.07, 6.45) is -2.17. The number of nitrogens with two attached hydrogens (primary N) is 1. The van der Waals surface area contributed by atoms with Crippen LogP contribution in [0.2, 0.25) is 0 Å². The Morgan fingerprint density at radius 1 is 1.35 bits per heavy atom. The molecule has 0 radical (unpaired) electrons. The van der Waals surface area contributed by atoms with Crippen molar-refractivity contribution in [2.75, 3.05) is 13.6 Å². The van der Waals surface area contributed by atoms with E-state index in [1.54, 1.807) is 0 Å². The number of carbonyl (C=O) groups excluding carboxylic acids is 1. The first-order chi connectivity index (χ1) is 7.85. The molecule has 1 aliphatic rings. The lowest BCUT2D eigenvalue weighted by Gasteiger charge is -2.37. The van der Waals surface area contributed by atoms with E-state index in [0.29, 0.717) is 6.54 Å². The van der Waals surface area contributed by atoms with Gasteiger partial charge in [-0.1, -0.05) is 12.8 Å². The van der Waals surface area contributed by atoms with Gasteiger partial charge in [0.05, 0.1) is 0 Å². The zero-order valence-electron chi connectivity index (χ0n) is 9.96. The largest absolute Gasteiger partial charge is 0.397 e. The number of alkyl halides is 3. The molecular weight excluding hydrogens is 233 g/mol. The summed E-state index contributed by atoms with van der Waals surface area (Å²) in [4.78, 5) is 12.7. The van der Waals surface area contributed by atoms with E-state index in [-0.39, 0.29) is 12.0 Å². The van der Waals surface area contributed by atoms with Crippen molar-refractivity contribution in [3.8, 4) is 0 Å². The minimum atomic E-state index is -4.43. The number of hydrogen-bond donors (Lipinski definition) is 1. The Labute approximate surface area is 99.1 Å². The predicted octanol–water partition coefficient (Wildman–Crippen LogP) is 1.91. The molecule has 0 aromatic rings. The molecule has 0 heterocycles. The van der Waals surface area contributed by atoms with Crippen molar-refractivity contribution < 1.29 is 18.0 Å². The van der Waals surface area contributed by atoms with E-state index in [2.05, 4.69) is 0 Å². The standard InChI is InChI=1S/C11H19F3N2O/c1-16(10(17)6-11(12,13)14)9-5-3-2-4-8(9)7-15/h8-9H,2-7,15H2,1H3. The van der Waals surface area contributed by atoms with Crippen LogP contribution in [0.15, 0.2) is 0 Å². The van der Waals surface area contributed by atoms with Gasteiger partial charge in [-0.25, -0.2) is 0 Å². The van der Waals surface area contributed by atoms with Gasteiger partial charge in [0.25, 0.3) is 0 Å². The monoisotopic (exact) mass is 252 g/mol. The Morgan fingerprint density at radius 2 is 1.94 bits per heavy atom. The van der Waals surface area contributed by atoms with Crippen molar-refractivity contribution in [1.82, 2.24) is 4.90 Å². The van der Waals surface area contributed by atoms with E-state index >= 15 is 0 Å². The molecule has 1 amide bonds. The summed E-state index contributed by atoms with van der Waals surface area (Å²) in [6.45, 7) is 0.425. The summed E-state index contributed by atoms with van der Waals surface area (Å²) in [5, 5.41) is 0. The smallest absolute Gasteiger partial charge is 0.342 e. The van der Waals surface area contributed by atoms with Crippen molar-refractivity contribution in [2.24, 2.45) is 11.7 Å². The average Bonchev–Trinajstić information content (AvgIpc) is 2.25. The van der Waals surface area contributed by atoms with Gasteiger partial charge in [0.15, 0.2) is 0 Å². The highest BCUT2D eigenvalue weighted by atomic mass is 19.4. The maximum Gasteiger partial charge on any atom is 0.397 e. The maximum absolute atomic E-state index is 12.1. The Balaban J connectivity index is 2.60. The molecule has 3 nitrogen and oxygen atoms in total. The minimum Gasteiger partial charge on any atom is -0.342 e. The van der Waals surface area contributed by atoms with Crippen molar-refractivity contribution in [1.29, 1.82) is 0 Å². The third-order valence-corrected chi connectivity index (χ3v) is 3.41. The fourth-order valence-electron chi connectivity index (χ4n) is 2.45. The molecule has 0 bridgehead atoms. The zero-order valence-corrected chi connectivity index (χ0v) is 9.96. The maximum atomic E-state index is 12.1. The van der Waals surface area contributed by atoms with Gasteiger partial charge >= 0.3 is 6.18 Å². The van der Waals surface area contributed by atoms with E-state index < -0.39 is 18.5 Å². The molecule has 0 aliphatic heterocycles. The third kappa shape index (κ3) is 4.18. The van der Waals surface area contributed by atoms with Crippen LogP contribution < -0.4 is 5.73 Å². The zero-order chi connectivity index (χ0) is 13.1. The molecule has 0 aromatic carbocycles. The Hall–Kier alpha value is -0.780. The summed E-state index contributed by atoms with van der Waals surface area (Å²) < 4.78 is 36.4. The molecular formula is C11H19F3N2O. The van der Waals surface area contributed by atoms with Crippen LogP contribution in [0.1, 0.15) is 32.1 Å². The van der Waals surface area contributed by atoms with Crippen LogP contribution in [0, 0.1) is 5.92 Å². The number of halogens is 3. The second kappa shape index (κ2) is 5.71.